The van der Waals surface area contributed by atoms with Crippen LogP contribution >= 0.6 is 0 Å². The van der Waals surface area contributed by atoms with E-state index >= 15 is 0 Å². The molecule has 0 bridgehead atoms. The van der Waals surface area contributed by atoms with Crippen molar-refractivity contribution in [1.29, 1.82) is 0 Å². The van der Waals surface area contributed by atoms with Crippen molar-refractivity contribution in [2.24, 2.45) is 0 Å². The first kappa shape index (κ1) is 21.7. The van der Waals surface area contributed by atoms with Crippen LogP contribution in [0.25, 0.3) is 0 Å². The van der Waals surface area contributed by atoms with Crippen molar-refractivity contribution in [2.75, 3.05) is 13.6 Å². The van der Waals surface area contributed by atoms with Gasteiger partial charge in [0.2, 0.25) is 5.91 Å². The molecular formula is C25H26F2N2O. The van der Waals surface area contributed by atoms with Gasteiger partial charge in [0.1, 0.15) is 17.7 Å². The molecule has 0 fully saturated rings. The highest BCUT2D eigenvalue weighted by Gasteiger charge is 2.22. The molecule has 0 spiro atoms. The lowest BCUT2D eigenvalue weighted by Crippen LogP contribution is -2.36. The van der Waals surface area contributed by atoms with Crippen LogP contribution in [0.15, 0.2) is 72.8 Å². The van der Waals surface area contributed by atoms with Crippen LogP contribution in [-0.4, -0.2) is 19.5 Å². The lowest BCUT2D eigenvalue weighted by Gasteiger charge is -2.22. The zero-order valence-electron chi connectivity index (χ0n) is 17.2. The second kappa shape index (κ2) is 10.1. The van der Waals surface area contributed by atoms with Crippen molar-refractivity contribution in [3.05, 3.63) is 107 Å². The Morgan fingerprint density at radius 3 is 2.27 bits per heavy atom. The van der Waals surface area contributed by atoms with E-state index in [2.05, 4.69) is 10.6 Å². The van der Waals surface area contributed by atoms with Crippen molar-refractivity contribution in [2.45, 2.75) is 25.3 Å². The molecule has 0 radical (unpaired) electrons. The molecule has 0 aliphatic rings. The highest BCUT2D eigenvalue weighted by molar-refractivity contribution is 5.82. The molecule has 0 heterocycles. The Morgan fingerprint density at radius 1 is 0.900 bits per heavy atom. The smallest absolute Gasteiger partial charge is 0.241 e. The van der Waals surface area contributed by atoms with Crippen LogP contribution in [0.5, 0.6) is 0 Å². The third-order valence-corrected chi connectivity index (χ3v) is 5.29. The van der Waals surface area contributed by atoms with Gasteiger partial charge in [-0.2, -0.15) is 0 Å². The minimum absolute atomic E-state index is 0.138. The quantitative estimate of drug-likeness (QED) is 0.558. The van der Waals surface area contributed by atoms with E-state index in [0.717, 1.165) is 11.1 Å². The van der Waals surface area contributed by atoms with Gasteiger partial charge in [-0.15, -0.1) is 0 Å². The molecule has 3 aromatic carbocycles. The summed E-state index contributed by atoms with van der Waals surface area (Å²) in [5.41, 5.74) is 2.78. The number of rotatable bonds is 8. The molecule has 0 aliphatic carbocycles. The highest BCUT2D eigenvalue weighted by atomic mass is 19.1. The number of halogens is 2. The van der Waals surface area contributed by atoms with Crippen LogP contribution in [0.3, 0.4) is 0 Å². The van der Waals surface area contributed by atoms with Gasteiger partial charge in [0, 0.05) is 13.0 Å². The molecule has 5 heteroatoms. The maximum Gasteiger partial charge on any atom is 0.241 e. The average Bonchev–Trinajstić information content (AvgIpc) is 2.77. The molecule has 156 valence electrons. The highest BCUT2D eigenvalue weighted by Crippen LogP contribution is 2.31. The summed E-state index contributed by atoms with van der Waals surface area (Å²) in [6.45, 7) is 2.18. The van der Waals surface area contributed by atoms with Crippen LogP contribution in [-0.2, 0) is 4.79 Å². The molecule has 3 rings (SSSR count). The van der Waals surface area contributed by atoms with Crippen molar-refractivity contribution in [3.63, 3.8) is 0 Å². The van der Waals surface area contributed by atoms with Crippen LogP contribution in [0, 0.1) is 18.6 Å². The Kier molecular flexibility index (Phi) is 7.31. The normalized spacial score (nSPS) is 12.9. The number of likely N-dealkylation sites (N-methyl/N-ethyl adjacent to an activating group) is 1. The fourth-order valence-corrected chi connectivity index (χ4v) is 3.67. The van der Waals surface area contributed by atoms with E-state index in [1.54, 1.807) is 44.3 Å². The maximum absolute atomic E-state index is 14.6. The summed E-state index contributed by atoms with van der Waals surface area (Å²) in [6, 6.07) is 20.5. The lowest BCUT2D eigenvalue weighted by atomic mass is 9.87. The van der Waals surface area contributed by atoms with E-state index in [1.807, 2.05) is 30.3 Å². The SMILES string of the molecule is CNC(=O)[C@H](NCC[C@@H](c1ccc(F)c(C)c1)c1ccccc1F)c1ccccc1. The Morgan fingerprint density at radius 2 is 1.60 bits per heavy atom. The zero-order valence-corrected chi connectivity index (χ0v) is 17.2. The van der Waals surface area contributed by atoms with Gasteiger partial charge in [-0.3, -0.25) is 4.79 Å². The summed E-state index contributed by atoms with van der Waals surface area (Å²) in [7, 11) is 1.60. The summed E-state index contributed by atoms with van der Waals surface area (Å²) in [5.74, 6) is -0.983. The van der Waals surface area contributed by atoms with E-state index in [-0.39, 0.29) is 23.5 Å². The molecule has 3 nitrogen and oxygen atoms in total. The fourth-order valence-electron chi connectivity index (χ4n) is 3.67. The zero-order chi connectivity index (χ0) is 21.5. The fraction of sp³-hybridized carbons (Fsp3) is 0.240. The molecule has 2 atom stereocenters. The molecule has 2 N–H and O–H groups in total. The summed E-state index contributed by atoms with van der Waals surface area (Å²) in [4.78, 5) is 12.4. The van der Waals surface area contributed by atoms with Crippen LogP contribution in [0.1, 0.15) is 40.6 Å². The number of benzene rings is 3. The largest absolute Gasteiger partial charge is 0.358 e. The third-order valence-electron chi connectivity index (χ3n) is 5.29. The molecule has 0 saturated heterocycles. The second-order valence-corrected chi connectivity index (χ2v) is 7.28. The molecular weight excluding hydrogens is 382 g/mol. The van der Waals surface area contributed by atoms with E-state index in [4.69, 9.17) is 0 Å². The van der Waals surface area contributed by atoms with Crippen molar-refractivity contribution >= 4 is 5.91 Å². The van der Waals surface area contributed by atoms with Crippen LogP contribution in [0.4, 0.5) is 8.78 Å². The topological polar surface area (TPSA) is 41.1 Å². The second-order valence-electron chi connectivity index (χ2n) is 7.28. The predicted molar refractivity (Wildman–Crippen MR) is 115 cm³/mol. The molecule has 30 heavy (non-hydrogen) atoms. The van der Waals surface area contributed by atoms with Crippen molar-refractivity contribution < 1.29 is 13.6 Å². The van der Waals surface area contributed by atoms with Crippen LogP contribution < -0.4 is 10.6 Å². The van der Waals surface area contributed by atoms with E-state index in [1.165, 1.54) is 12.1 Å². The Bertz CT molecular complexity index is 991. The lowest BCUT2D eigenvalue weighted by molar-refractivity contribution is -0.122. The number of carbonyl (C=O) groups excluding carboxylic acids is 1. The van der Waals surface area contributed by atoms with Gasteiger partial charge in [0.05, 0.1) is 0 Å². The van der Waals surface area contributed by atoms with E-state index < -0.39 is 6.04 Å². The number of nitrogens with one attached hydrogen (secondary N) is 2. The molecule has 0 unspecified atom stereocenters. The Hall–Kier alpha value is -3.05. The minimum atomic E-state index is -0.507. The minimum Gasteiger partial charge on any atom is -0.358 e. The summed E-state index contributed by atoms with van der Waals surface area (Å²) >= 11 is 0. The molecule has 0 saturated carbocycles. The first-order chi connectivity index (χ1) is 14.5. The van der Waals surface area contributed by atoms with Crippen molar-refractivity contribution in [3.8, 4) is 0 Å². The van der Waals surface area contributed by atoms with E-state index in [9.17, 15) is 13.6 Å². The van der Waals surface area contributed by atoms with E-state index in [0.29, 0.717) is 24.1 Å². The van der Waals surface area contributed by atoms with Crippen molar-refractivity contribution in [1.82, 2.24) is 10.6 Å². The monoisotopic (exact) mass is 408 g/mol. The summed E-state index contributed by atoms with van der Waals surface area (Å²) < 4.78 is 28.4. The molecule has 0 aromatic heterocycles. The van der Waals surface area contributed by atoms with Gasteiger partial charge in [0.15, 0.2) is 0 Å². The standard InChI is InChI=1S/C25H26F2N2O/c1-17-16-19(12-13-22(17)26)20(21-10-6-7-11-23(21)27)14-15-29-24(25(30)28-2)18-8-4-3-5-9-18/h3-13,16,20,24,29H,14-15H2,1-2H3,(H,28,30)/t20-,24+/m0/s1. The first-order valence-corrected chi connectivity index (χ1v) is 10.0. The molecule has 3 aromatic rings. The first-order valence-electron chi connectivity index (χ1n) is 10.0. The van der Waals surface area contributed by atoms with Gasteiger partial charge < -0.3 is 10.6 Å². The number of hydrogen-bond acceptors (Lipinski definition) is 2. The number of hydrogen-bond donors (Lipinski definition) is 2. The van der Waals surface area contributed by atoms with Crippen LogP contribution in [0.2, 0.25) is 0 Å². The molecule has 0 aliphatic heterocycles. The number of amides is 1. The predicted octanol–water partition coefficient (Wildman–Crippen LogP) is 4.87. The summed E-state index contributed by atoms with van der Waals surface area (Å²) in [5, 5.41) is 5.98. The third kappa shape index (κ3) is 5.10. The Labute approximate surface area is 176 Å². The van der Waals surface area contributed by atoms with Gasteiger partial charge in [-0.05, 0) is 54.3 Å². The van der Waals surface area contributed by atoms with Gasteiger partial charge in [0.25, 0.3) is 0 Å². The maximum atomic E-state index is 14.6. The van der Waals surface area contributed by atoms with Gasteiger partial charge in [-0.1, -0.05) is 60.7 Å². The number of carbonyl (C=O) groups is 1. The molecule has 1 amide bonds. The Balaban J connectivity index is 1.83. The summed E-state index contributed by atoms with van der Waals surface area (Å²) in [6.07, 6.45) is 0.548. The number of aryl methyl sites for hydroxylation is 1. The van der Waals surface area contributed by atoms with Gasteiger partial charge in [-0.25, -0.2) is 8.78 Å². The van der Waals surface area contributed by atoms with Gasteiger partial charge >= 0.3 is 0 Å². The average molecular weight is 408 g/mol.